The molecule has 0 aromatic heterocycles. The van der Waals surface area contributed by atoms with Crippen LogP contribution >= 0.6 is 0 Å². The lowest BCUT2D eigenvalue weighted by atomic mass is 9.74. The Morgan fingerprint density at radius 2 is 1.52 bits per heavy atom. The normalized spacial score (nSPS) is 21.8. The lowest BCUT2D eigenvalue weighted by molar-refractivity contribution is -0.145. The summed E-state index contributed by atoms with van der Waals surface area (Å²) >= 11 is 0. The van der Waals surface area contributed by atoms with Gasteiger partial charge in [-0.25, -0.2) is 4.79 Å². The van der Waals surface area contributed by atoms with Gasteiger partial charge in [0, 0.05) is 0 Å². The second kappa shape index (κ2) is 6.11. The lowest BCUT2D eigenvalue weighted by Crippen LogP contribution is -2.47. The molecule has 1 atom stereocenters. The minimum Gasteiger partial charge on any atom is -0.480 e. The molecule has 1 aliphatic heterocycles. The van der Waals surface area contributed by atoms with Crippen LogP contribution in [0.2, 0.25) is 0 Å². The first-order valence-corrected chi connectivity index (χ1v) is 8.66. The Balaban J connectivity index is 2.29. The summed E-state index contributed by atoms with van der Waals surface area (Å²) in [6.07, 6.45) is 0.338. The number of carboxylic acids is 1. The number of hydrogen-bond acceptors (Lipinski definition) is 4. The number of carbonyl (C=O) groups is 1. The molecule has 0 spiro atoms. The highest BCUT2D eigenvalue weighted by molar-refractivity contribution is 6.62. The molecule has 0 radical (unpaired) electrons. The van der Waals surface area contributed by atoms with E-state index in [9.17, 15) is 9.90 Å². The molecular formula is C19H30BNO4. The van der Waals surface area contributed by atoms with E-state index >= 15 is 0 Å². The molecule has 0 amide bonds. The number of nitrogens with two attached hydrogens (primary N) is 1. The molecule has 25 heavy (non-hydrogen) atoms. The van der Waals surface area contributed by atoms with Crippen LogP contribution in [0.15, 0.2) is 24.3 Å². The third-order valence-electron chi connectivity index (χ3n) is 5.14. The monoisotopic (exact) mass is 347 g/mol. The second-order valence-corrected chi connectivity index (χ2v) is 9.22. The van der Waals surface area contributed by atoms with Crippen LogP contribution in [0.3, 0.4) is 0 Å². The van der Waals surface area contributed by atoms with Crippen molar-refractivity contribution in [2.45, 2.75) is 71.6 Å². The first-order chi connectivity index (χ1) is 11.2. The van der Waals surface area contributed by atoms with E-state index in [1.165, 1.54) is 0 Å². The zero-order chi connectivity index (χ0) is 19.3. The molecule has 0 unspecified atom stereocenters. The third-order valence-corrected chi connectivity index (χ3v) is 5.14. The molecule has 1 fully saturated rings. The maximum atomic E-state index is 11.8. The Bertz CT molecular complexity index is 632. The van der Waals surface area contributed by atoms with Crippen molar-refractivity contribution in [1.82, 2.24) is 0 Å². The van der Waals surface area contributed by atoms with E-state index < -0.39 is 29.8 Å². The summed E-state index contributed by atoms with van der Waals surface area (Å²) < 4.78 is 12.1. The maximum absolute atomic E-state index is 11.8. The summed E-state index contributed by atoms with van der Waals surface area (Å²) in [4.78, 5) is 11.8. The standard InChI is InChI=1S/C19H30BNO4/c1-16(2,3)12-19(21,15(22)23)13-8-10-14(11-9-13)20-24-17(4,5)18(6,7)25-20/h8-11H,12,21H2,1-7H3,(H,22,23)/t19-/m1/s1. The zero-order valence-corrected chi connectivity index (χ0v) is 16.3. The molecule has 3 N–H and O–H groups in total. The van der Waals surface area contributed by atoms with Gasteiger partial charge in [-0.15, -0.1) is 0 Å². The smallest absolute Gasteiger partial charge is 0.480 e. The minimum atomic E-state index is -1.42. The summed E-state index contributed by atoms with van der Waals surface area (Å²) in [6, 6.07) is 7.20. The van der Waals surface area contributed by atoms with Crippen molar-refractivity contribution in [2.24, 2.45) is 11.1 Å². The highest BCUT2D eigenvalue weighted by Gasteiger charge is 2.51. The van der Waals surface area contributed by atoms with Crippen molar-refractivity contribution in [3.05, 3.63) is 29.8 Å². The van der Waals surface area contributed by atoms with E-state index in [1.54, 1.807) is 12.1 Å². The Morgan fingerprint density at radius 3 is 1.88 bits per heavy atom. The summed E-state index contributed by atoms with van der Waals surface area (Å²) in [5.74, 6) is -1.02. The van der Waals surface area contributed by atoms with Crippen molar-refractivity contribution < 1.29 is 19.2 Å². The van der Waals surface area contributed by atoms with Crippen LogP contribution in [0.25, 0.3) is 0 Å². The van der Waals surface area contributed by atoms with Crippen LogP contribution in [0, 0.1) is 5.41 Å². The van der Waals surface area contributed by atoms with Gasteiger partial charge < -0.3 is 20.1 Å². The maximum Gasteiger partial charge on any atom is 0.494 e. The van der Waals surface area contributed by atoms with Gasteiger partial charge >= 0.3 is 13.1 Å². The molecule has 6 heteroatoms. The third kappa shape index (κ3) is 3.91. The number of rotatable bonds is 4. The largest absolute Gasteiger partial charge is 0.494 e. The number of carboxylic acid groups (broad SMARTS) is 1. The highest BCUT2D eigenvalue weighted by atomic mass is 16.7. The quantitative estimate of drug-likeness (QED) is 0.819. The average molecular weight is 347 g/mol. The van der Waals surface area contributed by atoms with Gasteiger partial charge in [0.15, 0.2) is 0 Å². The van der Waals surface area contributed by atoms with Crippen molar-refractivity contribution >= 4 is 18.6 Å². The highest BCUT2D eigenvalue weighted by Crippen LogP contribution is 2.37. The SMILES string of the molecule is CC(C)(C)C[C@](N)(C(=O)O)c1ccc(B2OC(C)(C)C(C)(C)O2)cc1. The van der Waals surface area contributed by atoms with Gasteiger partial charge in [0.1, 0.15) is 5.54 Å². The van der Waals surface area contributed by atoms with Crippen molar-refractivity contribution in [1.29, 1.82) is 0 Å². The molecule has 1 aromatic rings. The molecule has 2 rings (SSSR count). The molecule has 0 aliphatic carbocycles. The van der Waals surface area contributed by atoms with Crippen molar-refractivity contribution in [3.63, 3.8) is 0 Å². The van der Waals surface area contributed by atoms with Gasteiger partial charge in [-0.2, -0.15) is 0 Å². The molecular weight excluding hydrogens is 317 g/mol. The van der Waals surface area contributed by atoms with Gasteiger partial charge in [-0.05, 0) is 50.6 Å². The first kappa shape index (κ1) is 20.0. The molecule has 1 heterocycles. The second-order valence-electron chi connectivity index (χ2n) is 9.22. The summed E-state index contributed by atoms with van der Waals surface area (Å²) in [5.41, 5.74) is 5.24. The van der Waals surface area contributed by atoms with Crippen LogP contribution in [0.5, 0.6) is 0 Å². The Hall–Kier alpha value is -1.37. The Morgan fingerprint density at radius 1 is 1.08 bits per heavy atom. The zero-order valence-electron chi connectivity index (χ0n) is 16.3. The van der Waals surface area contributed by atoms with Gasteiger partial charge in [-0.1, -0.05) is 45.0 Å². The molecule has 138 valence electrons. The van der Waals surface area contributed by atoms with E-state index in [2.05, 4.69) is 0 Å². The van der Waals surface area contributed by atoms with E-state index in [0.717, 1.165) is 5.46 Å². The minimum absolute atomic E-state index is 0.211. The van der Waals surface area contributed by atoms with Crippen LogP contribution in [-0.2, 0) is 19.6 Å². The molecule has 1 saturated heterocycles. The summed E-state index contributed by atoms with van der Waals surface area (Å²) in [6.45, 7) is 13.9. The van der Waals surface area contributed by atoms with Crippen molar-refractivity contribution in [2.75, 3.05) is 0 Å². The molecule has 1 aromatic carbocycles. The van der Waals surface area contributed by atoms with Gasteiger partial charge in [0.25, 0.3) is 0 Å². The fourth-order valence-electron chi connectivity index (χ4n) is 3.05. The summed E-state index contributed by atoms with van der Waals surface area (Å²) in [5, 5.41) is 9.69. The topological polar surface area (TPSA) is 81.8 Å². The predicted molar refractivity (Wildman–Crippen MR) is 99.7 cm³/mol. The van der Waals surface area contributed by atoms with E-state index in [4.69, 9.17) is 15.0 Å². The molecule has 0 saturated carbocycles. The number of hydrogen-bond donors (Lipinski definition) is 2. The summed E-state index contributed by atoms with van der Waals surface area (Å²) in [7, 11) is -0.473. The van der Waals surface area contributed by atoms with Crippen LogP contribution < -0.4 is 11.2 Å². The van der Waals surface area contributed by atoms with Crippen LogP contribution in [0.4, 0.5) is 0 Å². The Labute approximate surface area is 151 Å². The predicted octanol–water partition coefficient (Wildman–Crippen LogP) is 2.66. The first-order valence-electron chi connectivity index (χ1n) is 8.66. The molecule has 0 bridgehead atoms. The van der Waals surface area contributed by atoms with Gasteiger partial charge in [-0.3, -0.25) is 0 Å². The molecule has 5 nitrogen and oxygen atoms in total. The van der Waals surface area contributed by atoms with E-state index in [-0.39, 0.29) is 5.41 Å². The fraction of sp³-hybridized carbons (Fsp3) is 0.632. The van der Waals surface area contributed by atoms with Crippen LogP contribution in [-0.4, -0.2) is 29.4 Å². The number of benzene rings is 1. The lowest BCUT2D eigenvalue weighted by Gasteiger charge is -2.32. The van der Waals surface area contributed by atoms with Crippen molar-refractivity contribution in [3.8, 4) is 0 Å². The van der Waals surface area contributed by atoms with Crippen LogP contribution in [0.1, 0.15) is 60.5 Å². The average Bonchev–Trinajstić information content (AvgIpc) is 2.65. The van der Waals surface area contributed by atoms with Gasteiger partial charge in [0.2, 0.25) is 0 Å². The van der Waals surface area contributed by atoms with E-state index in [0.29, 0.717) is 12.0 Å². The fourth-order valence-corrected chi connectivity index (χ4v) is 3.05. The number of aliphatic carboxylic acids is 1. The Kier molecular flexibility index (Phi) is 4.88. The molecule has 1 aliphatic rings. The van der Waals surface area contributed by atoms with E-state index in [1.807, 2.05) is 60.6 Å². The van der Waals surface area contributed by atoms with Gasteiger partial charge in [0.05, 0.1) is 11.2 Å².